The molecule has 3 nitrogen and oxygen atoms in total. The number of aryl methyl sites for hydroxylation is 1. The van der Waals surface area contributed by atoms with E-state index in [1.165, 1.54) is 11.6 Å². The van der Waals surface area contributed by atoms with Gasteiger partial charge in [0.15, 0.2) is 0 Å². The molecule has 116 valence electrons. The predicted molar refractivity (Wildman–Crippen MR) is 86.9 cm³/mol. The van der Waals surface area contributed by atoms with Crippen LogP contribution in [0.4, 0.5) is 0 Å². The maximum Gasteiger partial charge on any atom is 0.341 e. The Morgan fingerprint density at radius 2 is 1.73 bits per heavy atom. The van der Waals surface area contributed by atoms with Gasteiger partial charge in [-0.2, -0.15) is 0 Å². The minimum Gasteiger partial charge on any atom is -0.507 e. The molecule has 1 N–H and O–H groups in total. The molecule has 2 rings (SSSR count). The maximum atomic E-state index is 11.8. The van der Waals surface area contributed by atoms with Gasteiger partial charge in [0, 0.05) is 0 Å². The summed E-state index contributed by atoms with van der Waals surface area (Å²) in [6.45, 7) is 2.54. The largest absolute Gasteiger partial charge is 0.507 e. The zero-order valence-electron chi connectivity index (χ0n) is 12.9. The number of phenols is 1. The van der Waals surface area contributed by atoms with Crippen molar-refractivity contribution in [3.8, 4) is 5.75 Å². The molecular formula is C19H22O3. The normalized spacial score (nSPS) is 11.9. The summed E-state index contributed by atoms with van der Waals surface area (Å²) in [4.78, 5) is 11.8. The van der Waals surface area contributed by atoms with Crippen molar-refractivity contribution in [1.29, 1.82) is 0 Å². The van der Waals surface area contributed by atoms with Crippen LogP contribution in [0.5, 0.6) is 5.75 Å². The lowest BCUT2D eigenvalue weighted by molar-refractivity contribution is 0.0481. The van der Waals surface area contributed by atoms with Crippen LogP contribution < -0.4 is 0 Å². The lowest BCUT2D eigenvalue weighted by Gasteiger charge is -2.12. The van der Waals surface area contributed by atoms with Crippen LogP contribution in [-0.2, 0) is 11.2 Å². The first-order valence-corrected chi connectivity index (χ1v) is 7.66. The first-order chi connectivity index (χ1) is 10.7. The summed E-state index contributed by atoms with van der Waals surface area (Å²) < 4.78 is 5.23. The van der Waals surface area contributed by atoms with E-state index in [1.807, 2.05) is 18.2 Å². The number of ether oxygens (including phenoxy) is 1. The molecule has 0 aliphatic carbocycles. The monoisotopic (exact) mass is 298 g/mol. The summed E-state index contributed by atoms with van der Waals surface area (Å²) in [5.41, 5.74) is 1.56. The molecule has 0 radical (unpaired) electrons. The fraction of sp³-hybridized carbons (Fsp3) is 0.316. The summed E-state index contributed by atoms with van der Waals surface area (Å²) in [6.07, 6.45) is 2.93. The molecular weight excluding hydrogens is 276 g/mol. The average molecular weight is 298 g/mol. The SMILES string of the molecule is CC(CCOC(=O)c1ccccc1O)CCc1ccccc1. The van der Waals surface area contributed by atoms with Crippen molar-refractivity contribution in [1.82, 2.24) is 0 Å². The zero-order valence-corrected chi connectivity index (χ0v) is 12.9. The third kappa shape index (κ3) is 4.92. The molecule has 0 bridgehead atoms. The van der Waals surface area contributed by atoms with Crippen LogP contribution in [0.1, 0.15) is 35.7 Å². The summed E-state index contributed by atoms with van der Waals surface area (Å²) in [5.74, 6) is -0.0182. The summed E-state index contributed by atoms with van der Waals surface area (Å²) in [6, 6.07) is 16.8. The molecule has 1 unspecified atom stereocenters. The Morgan fingerprint density at radius 1 is 1.05 bits per heavy atom. The van der Waals surface area contributed by atoms with Crippen molar-refractivity contribution in [2.75, 3.05) is 6.61 Å². The number of aromatic hydroxyl groups is 1. The van der Waals surface area contributed by atoms with Gasteiger partial charge in [-0.15, -0.1) is 0 Å². The van der Waals surface area contributed by atoms with Crippen LogP contribution in [0.15, 0.2) is 54.6 Å². The number of carbonyl (C=O) groups excluding carboxylic acids is 1. The van der Waals surface area contributed by atoms with Crippen molar-refractivity contribution >= 4 is 5.97 Å². The molecule has 0 aromatic heterocycles. The Bertz CT molecular complexity index is 593. The Labute approximate surface area is 131 Å². The summed E-state index contributed by atoms with van der Waals surface area (Å²) in [5, 5.41) is 9.60. The van der Waals surface area contributed by atoms with Gasteiger partial charge in [-0.3, -0.25) is 0 Å². The molecule has 0 spiro atoms. The molecule has 0 saturated heterocycles. The van der Waals surface area contributed by atoms with E-state index < -0.39 is 5.97 Å². The van der Waals surface area contributed by atoms with Crippen LogP contribution in [0.2, 0.25) is 0 Å². The molecule has 2 aromatic carbocycles. The molecule has 1 atom stereocenters. The number of esters is 1. The van der Waals surface area contributed by atoms with E-state index >= 15 is 0 Å². The van der Waals surface area contributed by atoms with Crippen molar-refractivity contribution in [3.63, 3.8) is 0 Å². The number of carbonyl (C=O) groups is 1. The van der Waals surface area contributed by atoms with Crippen LogP contribution in [0, 0.1) is 5.92 Å². The first kappa shape index (κ1) is 16.1. The highest BCUT2D eigenvalue weighted by Crippen LogP contribution is 2.17. The van der Waals surface area contributed by atoms with Gasteiger partial charge in [0.1, 0.15) is 11.3 Å². The number of hydrogen-bond donors (Lipinski definition) is 1. The van der Waals surface area contributed by atoms with E-state index in [-0.39, 0.29) is 11.3 Å². The highest BCUT2D eigenvalue weighted by Gasteiger charge is 2.12. The Balaban J connectivity index is 1.70. The Kier molecular flexibility index (Phi) is 6.01. The van der Waals surface area contributed by atoms with Gasteiger partial charge in [0.25, 0.3) is 0 Å². The highest BCUT2D eigenvalue weighted by molar-refractivity contribution is 5.92. The standard InChI is InChI=1S/C19H22O3/c1-15(11-12-16-7-3-2-4-8-16)13-14-22-19(21)17-9-5-6-10-18(17)20/h2-10,15,20H,11-14H2,1H3. The van der Waals surface area contributed by atoms with E-state index in [0.717, 1.165) is 19.3 Å². The average Bonchev–Trinajstić information content (AvgIpc) is 2.54. The van der Waals surface area contributed by atoms with Gasteiger partial charge in [0.2, 0.25) is 0 Å². The Hall–Kier alpha value is -2.29. The molecule has 0 aliphatic rings. The Morgan fingerprint density at radius 3 is 2.45 bits per heavy atom. The number of para-hydroxylation sites is 1. The van der Waals surface area contributed by atoms with E-state index in [4.69, 9.17) is 4.74 Å². The number of benzene rings is 2. The smallest absolute Gasteiger partial charge is 0.341 e. The predicted octanol–water partition coefficient (Wildman–Crippen LogP) is 4.21. The molecule has 2 aromatic rings. The van der Waals surface area contributed by atoms with Gasteiger partial charge in [-0.1, -0.05) is 49.4 Å². The van der Waals surface area contributed by atoms with Crippen LogP contribution in [-0.4, -0.2) is 17.7 Å². The van der Waals surface area contributed by atoms with Gasteiger partial charge in [0.05, 0.1) is 6.61 Å². The van der Waals surface area contributed by atoms with Crippen LogP contribution in [0.25, 0.3) is 0 Å². The number of rotatable bonds is 7. The fourth-order valence-corrected chi connectivity index (χ4v) is 2.28. The van der Waals surface area contributed by atoms with Crippen molar-refractivity contribution in [2.45, 2.75) is 26.2 Å². The number of phenolic OH excluding ortho intramolecular Hbond substituents is 1. The minimum atomic E-state index is -0.464. The zero-order chi connectivity index (χ0) is 15.8. The van der Waals surface area contributed by atoms with Gasteiger partial charge in [-0.05, 0) is 42.9 Å². The van der Waals surface area contributed by atoms with Gasteiger partial charge in [-0.25, -0.2) is 4.79 Å². The van der Waals surface area contributed by atoms with Crippen molar-refractivity contribution in [3.05, 3.63) is 65.7 Å². The third-order valence-corrected chi connectivity index (χ3v) is 3.74. The summed E-state index contributed by atoms with van der Waals surface area (Å²) in [7, 11) is 0. The minimum absolute atomic E-state index is 0.0374. The quantitative estimate of drug-likeness (QED) is 0.779. The van der Waals surface area contributed by atoms with E-state index in [9.17, 15) is 9.90 Å². The summed E-state index contributed by atoms with van der Waals surface area (Å²) >= 11 is 0. The lowest BCUT2D eigenvalue weighted by Crippen LogP contribution is -2.09. The lowest BCUT2D eigenvalue weighted by atomic mass is 9.99. The van der Waals surface area contributed by atoms with Crippen LogP contribution in [0.3, 0.4) is 0 Å². The van der Waals surface area contributed by atoms with Crippen LogP contribution >= 0.6 is 0 Å². The van der Waals surface area contributed by atoms with Crippen molar-refractivity contribution < 1.29 is 14.6 Å². The fourth-order valence-electron chi connectivity index (χ4n) is 2.28. The molecule has 0 aliphatic heterocycles. The highest BCUT2D eigenvalue weighted by atomic mass is 16.5. The van der Waals surface area contributed by atoms with E-state index in [2.05, 4.69) is 19.1 Å². The first-order valence-electron chi connectivity index (χ1n) is 7.66. The second kappa shape index (κ2) is 8.23. The maximum absolute atomic E-state index is 11.8. The van der Waals surface area contributed by atoms with Crippen molar-refractivity contribution in [2.24, 2.45) is 5.92 Å². The van der Waals surface area contributed by atoms with Gasteiger partial charge < -0.3 is 9.84 Å². The molecule has 0 heterocycles. The molecule has 0 saturated carbocycles. The van der Waals surface area contributed by atoms with Gasteiger partial charge >= 0.3 is 5.97 Å². The number of hydrogen-bond acceptors (Lipinski definition) is 3. The third-order valence-electron chi connectivity index (χ3n) is 3.74. The second-order valence-electron chi connectivity index (χ2n) is 5.57. The molecule has 0 fully saturated rings. The van der Waals surface area contributed by atoms with E-state index in [0.29, 0.717) is 12.5 Å². The molecule has 22 heavy (non-hydrogen) atoms. The topological polar surface area (TPSA) is 46.5 Å². The molecule has 3 heteroatoms. The van der Waals surface area contributed by atoms with E-state index in [1.54, 1.807) is 18.2 Å². The second-order valence-corrected chi connectivity index (χ2v) is 5.57. The molecule has 0 amide bonds.